The number of carbonyl (C=O) groups excluding carboxylic acids is 2. The van der Waals surface area contributed by atoms with Gasteiger partial charge < -0.3 is 19.5 Å². The number of hydrogen-bond donors (Lipinski definition) is 1. The number of hydrogen-bond acceptors (Lipinski definition) is 5. The zero-order chi connectivity index (χ0) is 19.9. The quantitative estimate of drug-likeness (QED) is 0.713. The largest absolute Gasteiger partial charge is 0.496 e. The van der Waals surface area contributed by atoms with E-state index in [4.69, 9.17) is 14.2 Å². The smallest absolute Gasteiger partial charge is 0.325 e. The fourth-order valence-corrected chi connectivity index (χ4v) is 3.92. The van der Waals surface area contributed by atoms with Gasteiger partial charge in [0.15, 0.2) is 11.5 Å². The third-order valence-corrected chi connectivity index (χ3v) is 5.40. The van der Waals surface area contributed by atoms with Crippen molar-refractivity contribution in [3.05, 3.63) is 52.0 Å². The van der Waals surface area contributed by atoms with E-state index < -0.39 is 11.6 Å². The van der Waals surface area contributed by atoms with Crippen LogP contribution >= 0.6 is 15.9 Å². The van der Waals surface area contributed by atoms with Gasteiger partial charge in [-0.3, -0.25) is 9.69 Å². The summed E-state index contributed by atoms with van der Waals surface area (Å²) in [6, 6.07) is 10.6. The van der Waals surface area contributed by atoms with Crippen LogP contribution in [0.3, 0.4) is 0 Å². The van der Waals surface area contributed by atoms with Crippen LogP contribution in [-0.2, 0) is 17.8 Å². The fourth-order valence-electron chi connectivity index (χ4n) is 3.51. The first-order chi connectivity index (χ1) is 13.4. The molecule has 0 spiro atoms. The lowest BCUT2D eigenvalue weighted by Crippen LogP contribution is -2.45. The molecule has 2 aliphatic rings. The van der Waals surface area contributed by atoms with Gasteiger partial charge in [0.1, 0.15) is 11.3 Å². The van der Waals surface area contributed by atoms with Gasteiger partial charge in [-0.15, -0.1) is 0 Å². The topological polar surface area (TPSA) is 77.1 Å². The number of ether oxygens (including phenoxy) is 3. The van der Waals surface area contributed by atoms with Crippen molar-refractivity contribution >= 4 is 27.9 Å². The number of methoxy groups -OCH3 is 1. The van der Waals surface area contributed by atoms with Crippen molar-refractivity contribution in [3.8, 4) is 17.2 Å². The standard InChI is InChI=1S/C20H19BrN2O5/c1-20(9-12-3-5-16-17(7-12)28-11-27-16)18(24)23(19(25)22-20)10-13-8-14(21)4-6-15(13)26-2/h3-8H,9-11H2,1-2H3,(H,22,25). The number of nitrogens with zero attached hydrogens (tertiary/aromatic N) is 1. The second kappa shape index (κ2) is 7.01. The molecule has 1 fully saturated rings. The van der Waals surface area contributed by atoms with Gasteiger partial charge in [0.05, 0.1) is 13.7 Å². The maximum absolute atomic E-state index is 13.1. The molecule has 0 aliphatic carbocycles. The minimum Gasteiger partial charge on any atom is -0.496 e. The minimum atomic E-state index is -1.04. The molecule has 0 radical (unpaired) electrons. The highest BCUT2D eigenvalue weighted by atomic mass is 79.9. The van der Waals surface area contributed by atoms with Crippen LogP contribution < -0.4 is 19.5 Å². The van der Waals surface area contributed by atoms with Crippen molar-refractivity contribution in [2.75, 3.05) is 13.9 Å². The van der Waals surface area contributed by atoms with Gasteiger partial charge in [0.25, 0.3) is 5.91 Å². The number of imide groups is 1. The molecule has 146 valence electrons. The Morgan fingerprint density at radius 1 is 1.18 bits per heavy atom. The average molecular weight is 447 g/mol. The lowest BCUT2D eigenvalue weighted by molar-refractivity contribution is -0.131. The highest BCUT2D eigenvalue weighted by Gasteiger charge is 2.47. The average Bonchev–Trinajstić information content (AvgIpc) is 3.20. The maximum Gasteiger partial charge on any atom is 0.325 e. The Morgan fingerprint density at radius 2 is 1.96 bits per heavy atom. The molecule has 4 rings (SSSR count). The van der Waals surface area contributed by atoms with E-state index in [1.54, 1.807) is 20.1 Å². The van der Waals surface area contributed by atoms with Crippen LogP contribution in [0.1, 0.15) is 18.1 Å². The van der Waals surface area contributed by atoms with Crippen LogP contribution in [0.5, 0.6) is 17.2 Å². The Morgan fingerprint density at radius 3 is 2.75 bits per heavy atom. The van der Waals surface area contributed by atoms with Crippen molar-refractivity contribution < 1.29 is 23.8 Å². The molecule has 1 saturated heterocycles. The predicted octanol–water partition coefficient (Wildman–Crippen LogP) is 3.24. The third-order valence-electron chi connectivity index (χ3n) is 4.91. The van der Waals surface area contributed by atoms with Crippen LogP contribution in [0.25, 0.3) is 0 Å². The molecule has 2 heterocycles. The van der Waals surface area contributed by atoms with Crippen LogP contribution in [0.15, 0.2) is 40.9 Å². The minimum absolute atomic E-state index is 0.129. The van der Waals surface area contributed by atoms with Gasteiger partial charge in [0, 0.05) is 16.5 Å². The van der Waals surface area contributed by atoms with Gasteiger partial charge in [-0.05, 0) is 42.8 Å². The molecule has 1 N–H and O–H groups in total. The zero-order valence-electron chi connectivity index (χ0n) is 15.5. The molecule has 2 aromatic carbocycles. The Bertz CT molecular complexity index is 964. The number of halogens is 1. The second-order valence-corrected chi connectivity index (χ2v) is 7.89. The van der Waals surface area contributed by atoms with Crippen LogP contribution in [0.2, 0.25) is 0 Å². The molecule has 2 aromatic rings. The number of nitrogens with one attached hydrogen (secondary N) is 1. The first-order valence-corrected chi connectivity index (χ1v) is 9.54. The van der Waals surface area contributed by atoms with Crippen molar-refractivity contribution in [1.29, 1.82) is 0 Å². The van der Waals surface area contributed by atoms with E-state index in [0.717, 1.165) is 15.6 Å². The summed E-state index contributed by atoms with van der Waals surface area (Å²) in [5, 5.41) is 2.83. The lowest BCUT2D eigenvalue weighted by Gasteiger charge is -2.22. The van der Waals surface area contributed by atoms with E-state index in [9.17, 15) is 9.59 Å². The normalized spacial score (nSPS) is 20.5. The molecular weight excluding hydrogens is 428 g/mol. The summed E-state index contributed by atoms with van der Waals surface area (Å²) in [6.07, 6.45) is 0.348. The van der Waals surface area contributed by atoms with Gasteiger partial charge in [-0.1, -0.05) is 22.0 Å². The monoisotopic (exact) mass is 446 g/mol. The molecule has 0 bridgehead atoms. The van der Waals surface area contributed by atoms with Crippen molar-refractivity contribution in [2.24, 2.45) is 0 Å². The van der Waals surface area contributed by atoms with Crippen LogP contribution in [0.4, 0.5) is 4.79 Å². The number of fused-ring (bicyclic) bond motifs is 1. The zero-order valence-corrected chi connectivity index (χ0v) is 17.0. The maximum atomic E-state index is 13.1. The Labute approximate surface area is 170 Å². The van der Waals surface area contributed by atoms with Gasteiger partial charge in [0.2, 0.25) is 6.79 Å². The summed E-state index contributed by atoms with van der Waals surface area (Å²) in [5.74, 6) is 1.66. The van der Waals surface area contributed by atoms with Crippen molar-refractivity contribution in [3.63, 3.8) is 0 Å². The third kappa shape index (κ3) is 3.28. The molecule has 7 nitrogen and oxygen atoms in total. The fraction of sp³-hybridized carbons (Fsp3) is 0.300. The molecule has 3 amide bonds. The molecule has 0 saturated carbocycles. The van der Waals surface area contributed by atoms with Crippen LogP contribution in [-0.4, -0.2) is 36.3 Å². The summed E-state index contributed by atoms with van der Waals surface area (Å²) < 4.78 is 16.9. The van der Waals surface area contributed by atoms with Gasteiger partial charge in [-0.2, -0.15) is 0 Å². The van der Waals surface area contributed by atoms with E-state index in [-0.39, 0.29) is 19.2 Å². The van der Waals surface area contributed by atoms with E-state index in [0.29, 0.717) is 23.7 Å². The number of benzene rings is 2. The van der Waals surface area contributed by atoms with Gasteiger partial charge >= 0.3 is 6.03 Å². The number of carbonyl (C=O) groups is 2. The Hall–Kier alpha value is -2.74. The first-order valence-electron chi connectivity index (χ1n) is 8.75. The number of urea groups is 1. The van der Waals surface area contributed by atoms with Crippen LogP contribution in [0, 0.1) is 0 Å². The molecule has 1 unspecified atom stereocenters. The van der Waals surface area contributed by atoms with E-state index in [2.05, 4.69) is 21.2 Å². The highest BCUT2D eigenvalue weighted by Crippen LogP contribution is 2.34. The molecule has 0 aromatic heterocycles. The predicted molar refractivity (Wildman–Crippen MR) is 104 cm³/mol. The first kappa shape index (κ1) is 18.6. The second-order valence-electron chi connectivity index (χ2n) is 6.97. The summed E-state index contributed by atoms with van der Waals surface area (Å²) in [6.45, 7) is 2.05. The molecule has 8 heteroatoms. The molecule has 2 aliphatic heterocycles. The summed E-state index contributed by atoms with van der Waals surface area (Å²) in [5.41, 5.74) is 0.583. The molecule has 1 atom stereocenters. The summed E-state index contributed by atoms with van der Waals surface area (Å²) in [7, 11) is 1.56. The highest BCUT2D eigenvalue weighted by molar-refractivity contribution is 9.10. The lowest BCUT2D eigenvalue weighted by atomic mass is 9.92. The van der Waals surface area contributed by atoms with Crippen molar-refractivity contribution in [2.45, 2.75) is 25.4 Å². The Kier molecular flexibility index (Phi) is 4.66. The van der Waals surface area contributed by atoms with E-state index >= 15 is 0 Å². The SMILES string of the molecule is COc1ccc(Br)cc1CN1C(=O)NC(C)(Cc2ccc3c(c2)OCO3)C1=O. The summed E-state index contributed by atoms with van der Waals surface area (Å²) >= 11 is 3.41. The number of amides is 3. The Balaban J connectivity index is 1.55. The summed E-state index contributed by atoms with van der Waals surface area (Å²) in [4.78, 5) is 26.9. The van der Waals surface area contributed by atoms with Crippen molar-refractivity contribution in [1.82, 2.24) is 10.2 Å². The molecular formula is C20H19BrN2O5. The van der Waals surface area contributed by atoms with E-state index in [1.165, 1.54) is 4.90 Å². The number of rotatable bonds is 5. The van der Waals surface area contributed by atoms with Gasteiger partial charge in [-0.25, -0.2) is 4.79 Å². The molecule has 28 heavy (non-hydrogen) atoms. The van der Waals surface area contributed by atoms with E-state index in [1.807, 2.05) is 30.3 Å².